The number of benzene rings is 1. The van der Waals surface area contributed by atoms with E-state index in [1.165, 1.54) is 17.7 Å². The minimum Gasteiger partial charge on any atom is -0.313 e. The van der Waals surface area contributed by atoms with Crippen molar-refractivity contribution in [2.45, 2.75) is 51.5 Å². The minimum atomic E-state index is 0.677. The second kappa shape index (κ2) is 9.44. The summed E-state index contributed by atoms with van der Waals surface area (Å²) in [5.74, 6) is 2.70. The molecule has 0 fully saturated rings. The van der Waals surface area contributed by atoms with Crippen molar-refractivity contribution in [3.8, 4) is 0 Å². The molecule has 108 valence electrons. The van der Waals surface area contributed by atoms with Crippen molar-refractivity contribution in [1.82, 2.24) is 5.32 Å². The zero-order valence-corrected chi connectivity index (χ0v) is 13.7. The van der Waals surface area contributed by atoms with Crippen LogP contribution >= 0.6 is 11.8 Å². The molecule has 1 aromatic carbocycles. The van der Waals surface area contributed by atoms with Crippen LogP contribution in [-0.4, -0.2) is 18.3 Å². The lowest BCUT2D eigenvalue weighted by atomic mass is 9.96. The highest BCUT2D eigenvalue weighted by atomic mass is 32.2. The minimum absolute atomic E-state index is 0.677. The van der Waals surface area contributed by atoms with Crippen molar-refractivity contribution < 1.29 is 0 Å². The second-order valence-corrected chi connectivity index (χ2v) is 7.24. The maximum atomic E-state index is 3.73. The summed E-state index contributed by atoms with van der Waals surface area (Å²) in [6.07, 6.45) is 2.57. The van der Waals surface area contributed by atoms with Crippen LogP contribution in [0.25, 0.3) is 0 Å². The normalized spacial score (nSPS) is 11.7. The Morgan fingerprint density at radius 2 is 1.53 bits per heavy atom. The van der Waals surface area contributed by atoms with Gasteiger partial charge in [0.05, 0.1) is 0 Å². The van der Waals surface area contributed by atoms with Crippen LogP contribution in [0.15, 0.2) is 35.2 Å². The first-order chi connectivity index (χ1) is 9.08. The van der Waals surface area contributed by atoms with Gasteiger partial charge in [0.1, 0.15) is 0 Å². The van der Waals surface area contributed by atoms with Gasteiger partial charge in [0.25, 0.3) is 0 Å². The summed E-state index contributed by atoms with van der Waals surface area (Å²) in [5.41, 5.74) is 0. The van der Waals surface area contributed by atoms with Crippen molar-refractivity contribution in [3.05, 3.63) is 30.3 Å². The molecule has 0 radical (unpaired) electrons. The Balaban J connectivity index is 2.23. The number of rotatable bonds is 9. The second-order valence-electron chi connectivity index (χ2n) is 6.07. The molecule has 0 amide bonds. The van der Waals surface area contributed by atoms with Gasteiger partial charge in [-0.2, -0.15) is 0 Å². The Morgan fingerprint density at radius 3 is 2.05 bits per heavy atom. The predicted molar refractivity (Wildman–Crippen MR) is 87.9 cm³/mol. The molecule has 2 heteroatoms. The van der Waals surface area contributed by atoms with E-state index in [9.17, 15) is 0 Å². The molecule has 0 heterocycles. The van der Waals surface area contributed by atoms with E-state index >= 15 is 0 Å². The van der Waals surface area contributed by atoms with E-state index < -0.39 is 0 Å². The average Bonchev–Trinajstić information content (AvgIpc) is 2.34. The molecular weight excluding hydrogens is 250 g/mol. The molecule has 0 bridgehead atoms. The van der Waals surface area contributed by atoms with Crippen molar-refractivity contribution in [1.29, 1.82) is 0 Å². The molecule has 0 aliphatic heterocycles. The van der Waals surface area contributed by atoms with Gasteiger partial charge < -0.3 is 5.32 Å². The van der Waals surface area contributed by atoms with Gasteiger partial charge in [0.15, 0.2) is 0 Å². The Labute approximate surface area is 123 Å². The van der Waals surface area contributed by atoms with E-state index in [1.807, 2.05) is 11.8 Å². The van der Waals surface area contributed by atoms with Gasteiger partial charge in [0.2, 0.25) is 0 Å². The Hall–Kier alpha value is -0.470. The quantitative estimate of drug-likeness (QED) is 0.513. The fourth-order valence-corrected chi connectivity index (χ4v) is 3.15. The summed E-state index contributed by atoms with van der Waals surface area (Å²) in [6.45, 7) is 10.4. The molecule has 0 saturated carbocycles. The Kier molecular flexibility index (Phi) is 8.24. The van der Waals surface area contributed by atoms with Crippen LogP contribution in [0.1, 0.15) is 40.5 Å². The molecule has 1 nitrogen and oxygen atoms in total. The maximum Gasteiger partial charge on any atom is 0.0106 e. The van der Waals surface area contributed by atoms with Crippen molar-refractivity contribution in [2.75, 3.05) is 12.3 Å². The summed E-state index contributed by atoms with van der Waals surface area (Å²) >= 11 is 1.94. The molecule has 0 saturated heterocycles. The number of hydrogen-bond acceptors (Lipinski definition) is 2. The fourth-order valence-electron chi connectivity index (χ4n) is 2.35. The topological polar surface area (TPSA) is 12.0 Å². The van der Waals surface area contributed by atoms with Crippen molar-refractivity contribution in [2.24, 2.45) is 11.8 Å². The molecule has 0 unspecified atom stereocenters. The lowest BCUT2D eigenvalue weighted by Crippen LogP contribution is -2.33. The zero-order valence-electron chi connectivity index (χ0n) is 12.9. The van der Waals surface area contributed by atoms with Crippen LogP contribution in [0.3, 0.4) is 0 Å². The van der Waals surface area contributed by atoms with Gasteiger partial charge in [-0.3, -0.25) is 0 Å². The van der Waals surface area contributed by atoms with Crippen LogP contribution in [0.5, 0.6) is 0 Å². The zero-order chi connectivity index (χ0) is 14.1. The van der Waals surface area contributed by atoms with Gasteiger partial charge >= 0.3 is 0 Å². The summed E-state index contributed by atoms with van der Waals surface area (Å²) in [4.78, 5) is 1.37. The number of thioether (sulfide) groups is 1. The lowest BCUT2D eigenvalue weighted by molar-refractivity contribution is 0.366. The Morgan fingerprint density at radius 1 is 0.947 bits per heavy atom. The van der Waals surface area contributed by atoms with E-state index in [2.05, 4.69) is 63.3 Å². The van der Waals surface area contributed by atoms with E-state index in [0.717, 1.165) is 24.1 Å². The molecule has 0 spiro atoms. The monoisotopic (exact) mass is 279 g/mol. The molecule has 1 rings (SSSR count). The highest BCUT2D eigenvalue weighted by molar-refractivity contribution is 7.99. The summed E-state index contributed by atoms with van der Waals surface area (Å²) in [5, 5.41) is 3.73. The van der Waals surface area contributed by atoms with Gasteiger partial charge in [0, 0.05) is 23.2 Å². The first-order valence-corrected chi connectivity index (χ1v) is 8.47. The first kappa shape index (κ1) is 16.6. The van der Waals surface area contributed by atoms with E-state index in [1.54, 1.807) is 0 Å². The van der Waals surface area contributed by atoms with E-state index in [4.69, 9.17) is 0 Å². The van der Waals surface area contributed by atoms with E-state index in [-0.39, 0.29) is 0 Å². The third kappa shape index (κ3) is 8.33. The average molecular weight is 279 g/mol. The highest BCUT2D eigenvalue weighted by Gasteiger charge is 2.11. The smallest absolute Gasteiger partial charge is 0.0106 e. The van der Waals surface area contributed by atoms with Gasteiger partial charge in [-0.15, -0.1) is 11.8 Å². The fraction of sp³-hybridized carbons (Fsp3) is 0.647. The van der Waals surface area contributed by atoms with Crippen molar-refractivity contribution in [3.63, 3.8) is 0 Å². The standard InChI is InChI=1S/C17H29NS/c1-14(2)12-16(13-15(3)4)18-10-11-19-17-8-6-5-7-9-17/h5-9,14-16,18H,10-13H2,1-4H3. The molecule has 1 N–H and O–H groups in total. The highest BCUT2D eigenvalue weighted by Crippen LogP contribution is 2.17. The molecule has 0 aliphatic carbocycles. The summed E-state index contributed by atoms with van der Waals surface area (Å²) in [7, 11) is 0. The number of hydrogen-bond donors (Lipinski definition) is 1. The molecule has 19 heavy (non-hydrogen) atoms. The predicted octanol–water partition coefficient (Wildman–Crippen LogP) is 4.83. The molecular formula is C17H29NS. The first-order valence-electron chi connectivity index (χ1n) is 7.49. The largest absolute Gasteiger partial charge is 0.313 e. The third-order valence-electron chi connectivity index (χ3n) is 3.06. The van der Waals surface area contributed by atoms with Crippen LogP contribution in [0, 0.1) is 11.8 Å². The molecule has 0 aliphatic rings. The molecule has 0 atom stereocenters. The van der Waals surface area contributed by atoms with Gasteiger partial charge in [-0.1, -0.05) is 45.9 Å². The lowest BCUT2D eigenvalue weighted by Gasteiger charge is -2.22. The van der Waals surface area contributed by atoms with Crippen LogP contribution in [0.2, 0.25) is 0 Å². The van der Waals surface area contributed by atoms with Crippen LogP contribution in [0.4, 0.5) is 0 Å². The molecule has 0 aromatic heterocycles. The summed E-state index contributed by atoms with van der Waals surface area (Å²) in [6, 6.07) is 11.3. The maximum absolute atomic E-state index is 3.73. The van der Waals surface area contributed by atoms with E-state index in [0.29, 0.717) is 6.04 Å². The van der Waals surface area contributed by atoms with Crippen LogP contribution < -0.4 is 5.32 Å². The van der Waals surface area contributed by atoms with Crippen molar-refractivity contribution >= 4 is 11.8 Å². The van der Waals surface area contributed by atoms with Gasteiger partial charge in [-0.25, -0.2) is 0 Å². The SMILES string of the molecule is CC(C)CC(CC(C)C)NCCSc1ccccc1. The third-order valence-corrected chi connectivity index (χ3v) is 4.07. The molecule has 1 aromatic rings. The summed E-state index contributed by atoms with van der Waals surface area (Å²) < 4.78 is 0. The van der Waals surface area contributed by atoms with Gasteiger partial charge in [-0.05, 0) is 36.8 Å². The Bertz CT molecular complexity index is 311. The number of nitrogens with one attached hydrogen (secondary N) is 1. The van der Waals surface area contributed by atoms with Crippen LogP contribution in [-0.2, 0) is 0 Å².